The molecule has 0 saturated heterocycles. The third-order valence-electron chi connectivity index (χ3n) is 1.56. The van der Waals surface area contributed by atoms with Crippen molar-refractivity contribution in [3.8, 4) is 0 Å². The van der Waals surface area contributed by atoms with E-state index in [9.17, 15) is 0 Å². The van der Waals surface area contributed by atoms with Gasteiger partial charge >= 0.3 is 23.1 Å². The largest absolute Gasteiger partial charge is 2.00 e. The number of rotatable bonds is 6. The van der Waals surface area contributed by atoms with E-state index in [0.717, 1.165) is 6.42 Å². The second-order valence-electron chi connectivity index (χ2n) is 2.61. The van der Waals surface area contributed by atoms with Crippen LogP contribution >= 0.6 is 0 Å². The first-order valence-electron chi connectivity index (χ1n) is 4.36. The maximum absolute atomic E-state index is 3.73. The van der Waals surface area contributed by atoms with Crippen LogP contribution in [-0.4, -0.2) is 23.1 Å². The molecule has 0 spiro atoms. The van der Waals surface area contributed by atoms with Gasteiger partial charge in [0.1, 0.15) is 0 Å². The normalized spacial score (nSPS) is 9.17. The molecule has 0 amide bonds. The monoisotopic (exact) mass is 198 g/mol. The topological polar surface area (TPSA) is 0 Å². The maximum atomic E-state index is 3.73. The van der Waals surface area contributed by atoms with Crippen molar-refractivity contribution in [1.82, 2.24) is 0 Å². The van der Waals surface area contributed by atoms with Gasteiger partial charge in [-0.1, -0.05) is 32.3 Å². The molecule has 0 unspecified atom stereocenters. The van der Waals surface area contributed by atoms with E-state index in [-0.39, 0.29) is 35.5 Å². The van der Waals surface area contributed by atoms with Crippen LogP contribution in [0, 0.1) is 6.92 Å². The van der Waals surface area contributed by atoms with Gasteiger partial charge in [-0.2, -0.15) is 6.42 Å². The van der Waals surface area contributed by atoms with Gasteiger partial charge < -0.3 is 19.3 Å². The molecule has 0 aliphatic heterocycles. The number of allylic oxidation sites excluding steroid dienone is 2. The summed E-state index contributed by atoms with van der Waals surface area (Å²) >= 11 is 0. The summed E-state index contributed by atoms with van der Waals surface area (Å²) in [5.41, 5.74) is 0. The Balaban J connectivity index is -0.000000405. The Morgan fingerprint density at radius 3 is 2.25 bits per heavy atom. The third-order valence-corrected chi connectivity index (χ3v) is 1.56. The van der Waals surface area contributed by atoms with Crippen LogP contribution in [0.15, 0.2) is 12.2 Å². The molecule has 0 nitrogen and oxygen atoms in total. The second-order valence-corrected chi connectivity index (χ2v) is 2.61. The molecule has 0 saturated carbocycles. The van der Waals surface area contributed by atoms with Gasteiger partial charge in [-0.3, -0.25) is 0 Å². The van der Waals surface area contributed by atoms with E-state index in [0.29, 0.717) is 0 Å². The van der Waals surface area contributed by atoms with E-state index >= 15 is 0 Å². The zero-order chi connectivity index (χ0) is 7.66. The molecular formula is C10H19ClMg. The summed E-state index contributed by atoms with van der Waals surface area (Å²) in [4.78, 5) is 0. The summed E-state index contributed by atoms with van der Waals surface area (Å²) in [7, 11) is 0. The van der Waals surface area contributed by atoms with Crippen LogP contribution in [0.2, 0.25) is 0 Å². The molecule has 0 aromatic heterocycles. The van der Waals surface area contributed by atoms with Gasteiger partial charge in [0.15, 0.2) is 0 Å². The SMILES string of the molecule is [CH2-]C/C=C\CCCCCC.[Cl-].[Mg+2]. The minimum absolute atomic E-state index is 0. The van der Waals surface area contributed by atoms with Crippen molar-refractivity contribution in [2.24, 2.45) is 0 Å². The summed E-state index contributed by atoms with van der Waals surface area (Å²) in [5, 5.41) is 0. The minimum atomic E-state index is 0. The van der Waals surface area contributed by atoms with E-state index in [1.165, 1.54) is 32.1 Å². The third kappa shape index (κ3) is 17.0. The van der Waals surface area contributed by atoms with E-state index in [1.807, 2.05) is 0 Å². The van der Waals surface area contributed by atoms with Crippen LogP contribution in [0.1, 0.15) is 45.4 Å². The molecular weight excluding hydrogens is 180 g/mol. The molecule has 0 N–H and O–H groups in total. The molecule has 0 atom stereocenters. The van der Waals surface area contributed by atoms with Crippen LogP contribution in [-0.2, 0) is 0 Å². The summed E-state index contributed by atoms with van der Waals surface area (Å²) in [6.07, 6.45) is 12.0. The van der Waals surface area contributed by atoms with Gasteiger partial charge in [-0.05, 0) is 12.8 Å². The summed E-state index contributed by atoms with van der Waals surface area (Å²) in [6.45, 7) is 5.97. The Kier molecular flexibility index (Phi) is 27.5. The van der Waals surface area contributed by atoms with Crippen LogP contribution in [0.3, 0.4) is 0 Å². The van der Waals surface area contributed by atoms with E-state index in [1.54, 1.807) is 0 Å². The van der Waals surface area contributed by atoms with Gasteiger partial charge in [0, 0.05) is 0 Å². The summed E-state index contributed by atoms with van der Waals surface area (Å²) in [6, 6.07) is 0. The van der Waals surface area contributed by atoms with Crippen molar-refractivity contribution in [3.05, 3.63) is 19.1 Å². The average Bonchev–Trinajstić information content (AvgIpc) is 1.97. The number of hydrogen-bond acceptors (Lipinski definition) is 0. The number of hydrogen-bond donors (Lipinski definition) is 0. The molecule has 68 valence electrons. The van der Waals surface area contributed by atoms with Gasteiger partial charge in [0.25, 0.3) is 0 Å². The predicted molar refractivity (Wildman–Crippen MR) is 53.6 cm³/mol. The zero-order valence-electron chi connectivity index (χ0n) is 8.19. The molecule has 12 heavy (non-hydrogen) atoms. The predicted octanol–water partition coefficient (Wildman–Crippen LogP) is 0.360. The summed E-state index contributed by atoms with van der Waals surface area (Å²) < 4.78 is 0. The molecule has 0 aliphatic rings. The van der Waals surface area contributed by atoms with Crippen molar-refractivity contribution < 1.29 is 12.4 Å². The molecule has 0 radical (unpaired) electrons. The van der Waals surface area contributed by atoms with Crippen molar-refractivity contribution in [2.75, 3.05) is 0 Å². The maximum Gasteiger partial charge on any atom is 2.00 e. The Morgan fingerprint density at radius 1 is 1.08 bits per heavy atom. The molecule has 0 rings (SSSR count). The quantitative estimate of drug-likeness (QED) is 0.251. The van der Waals surface area contributed by atoms with Crippen LogP contribution < -0.4 is 12.4 Å². The fourth-order valence-corrected chi connectivity index (χ4v) is 0.925. The smallest absolute Gasteiger partial charge is 1.00 e. The van der Waals surface area contributed by atoms with Crippen LogP contribution in [0.25, 0.3) is 0 Å². The van der Waals surface area contributed by atoms with E-state index in [4.69, 9.17) is 0 Å². The van der Waals surface area contributed by atoms with Gasteiger partial charge in [0.2, 0.25) is 0 Å². The average molecular weight is 199 g/mol. The Morgan fingerprint density at radius 2 is 1.75 bits per heavy atom. The molecule has 0 bridgehead atoms. The van der Waals surface area contributed by atoms with Gasteiger partial charge in [-0.15, -0.1) is 6.08 Å². The first kappa shape index (κ1) is 18.6. The van der Waals surface area contributed by atoms with Crippen molar-refractivity contribution >= 4 is 23.1 Å². The Bertz CT molecular complexity index is 81.9. The molecule has 0 aliphatic carbocycles. The molecule has 0 fully saturated rings. The van der Waals surface area contributed by atoms with Crippen molar-refractivity contribution in [1.29, 1.82) is 0 Å². The number of halogens is 1. The molecule has 2 heteroatoms. The molecule has 0 aromatic carbocycles. The first-order chi connectivity index (χ1) is 4.91. The summed E-state index contributed by atoms with van der Waals surface area (Å²) in [5.74, 6) is 0. The zero-order valence-corrected chi connectivity index (χ0v) is 10.4. The van der Waals surface area contributed by atoms with E-state index < -0.39 is 0 Å². The standard InChI is InChI=1S/C10H19.ClH.Mg/c1-3-5-7-9-10-8-6-4-2;;/h5,7H,1,3-4,6,8-10H2,2H3;1H;/q-1;;+2/p-1/b7-5-;;. The second kappa shape index (κ2) is 17.8. The molecule has 0 heterocycles. The van der Waals surface area contributed by atoms with Crippen LogP contribution in [0.4, 0.5) is 0 Å². The number of unbranched alkanes of at least 4 members (excludes halogenated alkanes) is 4. The fourth-order valence-electron chi connectivity index (χ4n) is 0.925. The Hall–Kier alpha value is 0.796. The van der Waals surface area contributed by atoms with E-state index in [2.05, 4.69) is 26.0 Å². The fraction of sp³-hybridized carbons (Fsp3) is 0.700. The Labute approximate surface area is 99.8 Å². The molecule has 0 aromatic rings. The first-order valence-corrected chi connectivity index (χ1v) is 4.36. The van der Waals surface area contributed by atoms with Crippen molar-refractivity contribution in [2.45, 2.75) is 45.4 Å². The minimum Gasteiger partial charge on any atom is -1.00 e. The van der Waals surface area contributed by atoms with Crippen molar-refractivity contribution in [3.63, 3.8) is 0 Å². The van der Waals surface area contributed by atoms with Crippen LogP contribution in [0.5, 0.6) is 0 Å². The van der Waals surface area contributed by atoms with Gasteiger partial charge in [-0.25, -0.2) is 0 Å². The van der Waals surface area contributed by atoms with Gasteiger partial charge in [0.05, 0.1) is 0 Å².